The van der Waals surface area contributed by atoms with E-state index < -0.39 is 5.92 Å². The first-order valence-electron chi connectivity index (χ1n) is 12.9. The molecule has 0 spiro atoms. The van der Waals surface area contributed by atoms with E-state index >= 15 is 0 Å². The van der Waals surface area contributed by atoms with Gasteiger partial charge in [-0.25, -0.2) is 0 Å². The van der Waals surface area contributed by atoms with Crippen LogP contribution in [0, 0.1) is 23.2 Å². The van der Waals surface area contributed by atoms with Crippen molar-refractivity contribution in [3.8, 4) is 0 Å². The molecular formula is C27H46N2O4S. The molecule has 2 N–H and O–H groups in total. The number of hydrogen-bond donors (Lipinski definition) is 2. The van der Waals surface area contributed by atoms with Crippen LogP contribution >= 0.6 is 12.2 Å². The van der Waals surface area contributed by atoms with Gasteiger partial charge in [0.15, 0.2) is 0 Å². The Balaban J connectivity index is 2.48. The molecule has 0 saturated heterocycles. The molecule has 1 fully saturated rings. The second kappa shape index (κ2) is 16.0. The van der Waals surface area contributed by atoms with Crippen LogP contribution in [0.3, 0.4) is 0 Å². The summed E-state index contributed by atoms with van der Waals surface area (Å²) in [6, 6.07) is -0.361. The van der Waals surface area contributed by atoms with Crippen LogP contribution in [-0.4, -0.2) is 42.3 Å². The van der Waals surface area contributed by atoms with Crippen molar-refractivity contribution in [1.29, 1.82) is 0 Å². The van der Waals surface area contributed by atoms with Gasteiger partial charge in [-0.05, 0) is 49.9 Å². The van der Waals surface area contributed by atoms with Gasteiger partial charge in [0.2, 0.25) is 5.91 Å². The minimum atomic E-state index is -0.683. The number of thiocarbonyl (C=S) groups is 1. The van der Waals surface area contributed by atoms with Crippen molar-refractivity contribution >= 4 is 35.4 Å². The highest BCUT2D eigenvalue weighted by atomic mass is 32.1. The summed E-state index contributed by atoms with van der Waals surface area (Å²) >= 11 is 5.53. The Morgan fingerprint density at radius 3 is 2.41 bits per heavy atom. The van der Waals surface area contributed by atoms with E-state index in [1.807, 2.05) is 0 Å². The Morgan fingerprint density at radius 1 is 1.15 bits per heavy atom. The molecule has 1 aliphatic rings. The second-order valence-electron chi connectivity index (χ2n) is 10.9. The monoisotopic (exact) mass is 494 g/mol. The van der Waals surface area contributed by atoms with Gasteiger partial charge in [-0.2, -0.15) is 0 Å². The third-order valence-electron chi connectivity index (χ3n) is 5.93. The first kappa shape index (κ1) is 30.3. The number of carbonyl (C=O) groups is 3. The summed E-state index contributed by atoms with van der Waals surface area (Å²) in [5.41, 5.74) is 0.127. The van der Waals surface area contributed by atoms with Crippen LogP contribution < -0.4 is 10.6 Å². The van der Waals surface area contributed by atoms with Crippen LogP contribution in [0.5, 0.6) is 0 Å². The molecule has 6 nitrogen and oxygen atoms in total. The zero-order valence-electron chi connectivity index (χ0n) is 21.9. The van der Waals surface area contributed by atoms with E-state index in [0.717, 1.165) is 44.8 Å². The molecular weight excluding hydrogens is 448 g/mol. The fourth-order valence-electron chi connectivity index (χ4n) is 4.04. The maximum atomic E-state index is 12.8. The molecule has 1 unspecified atom stereocenters. The van der Waals surface area contributed by atoms with Gasteiger partial charge in [-0.15, -0.1) is 0 Å². The van der Waals surface area contributed by atoms with Crippen LogP contribution in [-0.2, 0) is 19.1 Å². The molecule has 0 aromatic heterocycles. The Hall–Kier alpha value is -1.76. The number of amides is 1. The zero-order chi connectivity index (χ0) is 25.6. The van der Waals surface area contributed by atoms with E-state index in [-0.39, 0.29) is 35.9 Å². The van der Waals surface area contributed by atoms with E-state index in [1.165, 1.54) is 6.42 Å². The molecule has 0 aromatic rings. The Labute approximate surface area is 212 Å². The highest BCUT2D eigenvalue weighted by Gasteiger charge is 2.25. The quantitative estimate of drug-likeness (QED) is 0.0868. The molecule has 0 radical (unpaired) electrons. The molecule has 194 valence electrons. The minimum absolute atomic E-state index is 0.0258. The lowest BCUT2D eigenvalue weighted by atomic mass is 9.89. The number of allylic oxidation sites excluding steroid dienone is 2. The molecule has 0 heterocycles. The molecule has 1 rings (SSSR count). The Morgan fingerprint density at radius 2 is 1.82 bits per heavy atom. The fraction of sp³-hybridized carbons (Fsp3) is 0.778. The molecule has 1 aliphatic carbocycles. The summed E-state index contributed by atoms with van der Waals surface area (Å²) < 4.78 is 5.41. The highest BCUT2D eigenvalue weighted by Crippen LogP contribution is 2.24. The van der Waals surface area contributed by atoms with Crippen LogP contribution in [0.1, 0.15) is 92.4 Å². The predicted molar refractivity (Wildman–Crippen MR) is 142 cm³/mol. The molecule has 0 aliphatic heterocycles. The van der Waals surface area contributed by atoms with Crippen LogP contribution in [0.4, 0.5) is 0 Å². The van der Waals surface area contributed by atoms with E-state index in [1.54, 1.807) is 0 Å². The standard InChI is InChI=1S/C27H46N2O4S/c1-20(2)18-23(25(34)28-16-17-33-26(32)21-12-8-6-9-13-21)29-24(31)22(19-30)14-10-7-11-15-27(3,4)5/h11,15,19-23H,6-10,12-14,16-18H2,1-5H3,(H,28,34)(H,29,31)/b15-11+/t22?,23-/m0/s1. The molecule has 7 heteroatoms. The van der Waals surface area contributed by atoms with Crippen LogP contribution in [0.15, 0.2) is 12.2 Å². The average Bonchev–Trinajstić information content (AvgIpc) is 2.77. The first-order chi connectivity index (χ1) is 16.0. The van der Waals surface area contributed by atoms with Crippen molar-refractivity contribution in [2.24, 2.45) is 23.2 Å². The van der Waals surface area contributed by atoms with Gasteiger partial charge in [0.1, 0.15) is 12.9 Å². The third-order valence-corrected chi connectivity index (χ3v) is 6.36. The number of esters is 1. The molecule has 34 heavy (non-hydrogen) atoms. The van der Waals surface area contributed by atoms with E-state index in [9.17, 15) is 14.4 Å². The molecule has 1 saturated carbocycles. The van der Waals surface area contributed by atoms with Gasteiger partial charge in [0, 0.05) is 6.54 Å². The molecule has 0 bridgehead atoms. The number of nitrogens with one attached hydrogen (secondary N) is 2. The van der Waals surface area contributed by atoms with E-state index in [4.69, 9.17) is 17.0 Å². The third kappa shape index (κ3) is 13.2. The van der Waals surface area contributed by atoms with E-state index in [0.29, 0.717) is 30.3 Å². The van der Waals surface area contributed by atoms with Crippen molar-refractivity contribution < 1.29 is 19.1 Å². The largest absolute Gasteiger partial charge is 0.464 e. The number of hydrogen-bond acceptors (Lipinski definition) is 5. The van der Waals surface area contributed by atoms with Gasteiger partial charge in [-0.3, -0.25) is 9.59 Å². The summed E-state index contributed by atoms with van der Waals surface area (Å²) in [5.74, 6) is -0.750. The lowest BCUT2D eigenvalue weighted by Gasteiger charge is -2.24. The summed E-state index contributed by atoms with van der Waals surface area (Å²) in [6.45, 7) is 11.2. The van der Waals surface area contributed by atoms with Gasteiger partial charge in [0.05, 0.1) is 22.9 Å². The maximum Gasteiger partial charge on any atom is 0.308 e. The molecule has 2 atom stereocenters. The number of carbonyl (C=O) groups excluding carboxylic acids is 3. The molecule has 1 amide bonds. The number of unbranched alkanes of at least 4 members (excludes halogenated alkanes) is 1. The second-order valence-corrected chi connectivity index (χ2v) is 11.4. The van der Waals surface area contributed by atoms with Gasteiger partial charge < -0.3 is 20.2 Å². The summed E-state index contributed by atoms with van der Waals surface area (Å²) in [4.78, 5) is 37.0. The number of ether oxygens (including phenoxy) is 1. The number of aldehydes is 1. The number of rotatable bonds is 14. The minimum Gasteiger partial charge on any atom is -0.464 e. The van der Waals surface area contributed by atoms with Crippen LogP contribution in [0.2, 0.25) is 0 Å². The van der Waals surface area contributed by atoms with Crippen molar-refractivity contribution in [2.45, 2.75) is 98.4 Å². The molecule has 0 aromatic carbocycles. The average molecular weight is 495 g/mol. The van der Waals surface area contributed by atoms with Gasteiger partial charge in [0.25, 0.3) is 0 Å². The van der Waals surface area contributed by atoms with Crippen molar-refractivity contribution in [1.82, 2.24) is 10.6 Å². The summed E-state index contributed by atoms with van der Waals surface area (Å²) in [6.07, 6.45) is 13.0. The first-order valence-corrected chi connectivity index (χ1v) is 13.3. The summed E-state index contributed by atoms with van der Waals surface area (Å²) in [7, 11) is 0. The normalized spacial score (nSPS) is 16.8. The zero-order valence-corrected chi connectivity index (χ0v) is 22.7. The van der Waals surface area contributed by atoms with Gasteiger partial charge in [-0.1, -0.05) is 78.3 Å². The van der Waals surface area contributed by atoms with Crippen molar-refractivity contribution in [3.63, 3.8) is 0 Å². The summed E-state index contributed by atoms with van der Waals surface area (Å²) in [5, 5.41) is 6.09. The van der Waals surface area contributed by atoms with Gasteiger partial charge >= 0.3 is 5.97 Å². The van der Waals surface area contributed by atoms with Crippen molar-refractivity contribution in [2.75, 3.05) is 13.2 Å². The fourth-order valence-corrected chi connectivity index (χ4v) is 4.30. The predicted octanol–water partition coefficient (Wildman–Crippen LogP) is 5.15. The Bertz CT molecular complexity index is 679. The topological polar surface area (TPSA) is 84.5 Å². The Kier molecular flexibility index (Phi) is 14.3. The maximum absolute atomic E-state index is 12.8. The highest BCUT2D eigenvalue weighted by molar-refractivity contribution is 7.80. The SMILES string of the molecule is CC(C)C[C@H](NC(=O)C(C=O)CCC/C=C/C(C)(C)C)C(=S)NCCOC(=O)C1CCCCC1. The lowest BCUT2D eigenvalue weighted by molar-refractivity contribution is -0.149. The van der Waals surface area contributed by atoms with E-state index in [2.05, 4.69) is 57.4 Å². The van der Waals surface area contributed by atoms with Crippen molar-refractivity contribution in [3.05, 3.63) is 12.2 Å². The lowest BCUT2D eigenvalue weighted by Crippen LogP contribution is -2.49. The van der Waals surface area contributed by atoms with Crippen LogP contribution in [0.25, 0.3) is 0 Å². The smallest absolute Gasteiger partial charge is 0.308 e.